The smallest absolute Gasteiger partial charge is 0.391 e. The summed E-state index contributed by atoms with van der Waals surface area (Å²) in [7, 11) is 0. The molecule has 0 aromatic carbocycles. The molecule has 9 unspecified atom stereocenters. The third-order valence-electron chi connectivity index (χ3n) is 11.2. The van der Waals surface area contributed by atoms with Crippen molar-refractivity contribution in [1.29, 1.82) is 0 Å². The van der Waals surface area contributed by atoms with Gasteiger partial charge in [-0.05, 0) is 117 Å². The van der Waals surface area contributed by atoms with E-state index in [1.807, 2.05) is 13.8 Å². The van der Waals surface area contributed by atoms with Crippen LogP contribution in [-0.2, 0) is 0 Å². The highest BCUT2D eigenvalue weighted by molar-refractivity contribution is 5.09. The van der Waals surface area contributed by atoms with Gasteiger partial charge in [0.25, 0.3) is 0 Å². The third kappa shape index (κ3) is 5.52. The highest BCUT2D eigenvalue weighted by Crippen LogP contribution is 2.68. The quantitative estimate of drug-likeness (QED) is 0.417. The van der Waals surface area contributed by atoms with Gasteiger partial charge < -0.3 is 5.11 Å². The molecule has 4 rings (SSSR count). The summed E-state index contributed by atoms with van der Waals surface area (Å²) in [6.07, 6.45) is 8.86. The molecule has 34 heavy (non-hydrogen) atoms. The molecule has 4 heteroatoms. The van der Waals surface area contributed by atoms with Crippen LogP contribution >= 0.6 is 0 Å². The summed E-state index contributed by atoms with van der Waals surface area (Å²) >= 11 is 0. The first-order chi connectivity index (χ1) is 15.5. The van der Waals surface area contributed by atoms with Crippen LogP contribution in [0.5, 0.6) is 0 Å². The van der Waals surface area contributed by atoms with E-state index in [0.29, 0.717) is 35.0 Å². The Hall–Kier alpha value is -0.250. The maximum Gasteiger partial charge on any atom is 0.391 e. The van der Waals surface area contributed by atoms with Gasteiger partial charge in [0, 0.05) is 0 Å². The number of rotatable bonds is 4. The lowest BCUT2D eigenvalue weighted by molar-refractivity contribution is -0.172. The van der Waals surface area contributed by atoms with E-state index in [4.69, 9.17) is 0 Å². The fourth-order valence-corrected chi connectivity index (χ4v) is 9.33. The van der Waals surface area contributed by atoms with Gasteiger partial charge in [0.2, 0.25) is 0 Å². The molecule has 4 aliphatic carbocycles. The summed E-state index contributed by atoms with van der Waals surface area (Å²) in [6, 6.07) is 0. The van der Waals surface area contributed by atoms with Gasteiger partial charge in [-0.3, -0.25) is 0 Å². The van der Waals surface area contributed by atoms with Crippen molar-refractivity contribution in [1.82, 2.24) is 0 Å². The number of hydrogen-bond donors (Lipinski definition) is 1. The van der Waals surface area contributed by atoms with Gasteiger partial charge in [-0.15, -0.1) is 0 Å². The molecule has 202 valence electrons. The molecule has 4 aliphatic rings. The maximum atomic E-state index is 13.0. The Morgan fingerprint density at radius 1 is 0.853 bits per heavy atom. The maximum absolute atomic E-state index is 13.0. The molecule has 0 amide bonds. The van der Waals surface area contributed by atoms with Gasteiger partial charge in [0.1, 0.15) is 0 Å². The largest absolute Gasteiger partial charge is 0.393 e. The molecule has 4 fully saturated rings. The van der Waals surface area contributed by atoms with E-state index in [1.165, 1.54) is 51.9 Å². The Labute approximate surface area is 209 Å². The highest BCUT2D eigenvalue weighted by atomic mass is 19.4. The number of hydrogen-bond acceptors (Lipinski definition) is 1. The number of alkyl halides is 3. The lowest BCUT2D eigenvalue weighted by Gasteiger charge is -2.59. The molecule has 1 nitrogen and oxygen atoms in total. The van der Waals surface area contributed by atoms with Crippen LogP contribution in [0, 0.1) is 52.3 Å². The Balaban J connectivity index is 0.00000133. The standard InChI is InChI=1S/C27H45F3O.C2H6.CH4/c1-17(7-8-18(2)27(28,29)30)22-11-12-23-21-10-9-19-16-20(31)6-5-14-25(19,3)24(21)13-15-26(22,23)4;1-2;/h17-24,31H,5-16H2,1-4H3;1-2H3;1H4/t17-,18?,19?,20?,21?,22?,23?,24?,25?,26?;;/m1../s1. The zero-order valence-electron chi connectivity index (χ0n) is 22.2. The number of aliphatic hydroxyl groups is 1. The zero-order valence-corrected chi connectivity index (χ0v) is 22.2. The van der Waals surface area contributed by atoms with Crippen LogP contribution in [0.25, 0.3) is 0 Å². The summed E-state index contributed by atoms with van der Waals surface area (Å²) in [5, 5.41) is 10.4. The van der Waals surface area contributed by atoms with Crippen molar-refractivity contribution in [3.63, 3.8) is 0 Å². The van der Waals surface area contributed by atoms with Crippen LogP contribution in [0.1, 0.15) is 126 Å². The molecular formula is C30H55F3O. The van der Waals surface area contributed by atoms with Gasteiger partial charge >= 0.3 is 6.18 Å². The molecule has 0 heterocycles. The summed E-state index contributed by atoms with van der Waals surface area (Å²) < 4.78 is 39.0. The van der Waals surface area contributed by atoms with Crippen LogP contribution in [0.2, 0.25) is 0 Å². The third-order valence-corrected chi connectivity index (χ3v) is 11.2. The lowest BCUT2D eigenvalue weighted by Crippen LogP contribution is -2.52. The van der Waals surface area contributed by atoms with E-state index >= 15 is 0 Å². The number of aliphatic hydroxyl groups excluding tert-OH is 1. The second kappa shape index (κ2) is 11.4. The fourth-order valence-electron chi connectivity index (χ4n) is 9.33. The van der Waals surface area contributed by atoms with Crippen LogP contribution in [-0.4, -0.2) is 17.4 Å². The summed E-state index contributed by atoms with van der Waals surface area (Å²) in [5.74, 6) is 2.80. The minimum absolute atomic E-state index is 0. The molecular weight excluding hydrogens is 433 g/mol. The Morgan fingerprint density at radius 3 is 2.15 bits per heavy atom. The summed E-state index contributed by atoms with van der Waals surface area (Å²) in [4.78, 5) is 0. The molecule has 0 saturated heterocycles. The SMILES string of the molecule is C.CC.CC(CC[C@@H](C)C1CCC2C3CCC4CC(O)CCCC4(C)C3CCC21C)C(F)(F)F. The van der Waals surface area contributed by atoms with Crippen LogP contribution < -0.4 is 0 Å². The average Bonchev–Trinajstić information content (AvgIpc) is 3.03. The summed E-state index contributed by atoms with van der Waals surface area (Å²) in [6.45, 7) is 12.6. The van der Waals surface area contributed by atoms with Crippen molar-refractivity contribution in [2.45, 2.75) is 138 Å². The van der Waals surface area contributed by atoms with E-state index < -0.39 is 12.1 Å². The van der Waals surface area contributed by atoms with E-state index in [-0.39, 0.29) is 20.0 Å². The van der Waals surface area contributed by atoms with Gasteiger partial charge in [0.05, 0.1) is 12.0 Å². The fraction of sp³-hybridized carbons (Fsp3) is 1.00. The molecule has 0 aliphatic heterocycles. The first kappa shape index (κ1) is 30.0. The number of halogens is 3. The predicted molar refractivity (Wildman–Crippen MR) is 138 cm³/mol. The predicted octanol–water partition coefficient (Wildman–Crippen LogP) is 9.67. The molecule has 10 atom stereocenters. The van der Waals surface area contributed by atoms with Crippen molar-refractivity contribution in [2.24, 2.45) is 52.3 Å². The second-order valence-electron chi connectivity index (χ2n) is 12.7. The second-order valence-corrected chi connectivity index (χ2v) is 12.7. The van der Waals surface area contributed by atoms with Crippen molar-refractivity contribution in [2.75, 3.05) is 0 Å². The van der Waals surface area contributed by atoms with Crippen LogP contribution in [0.4, 0.5) is 13.2 Å². The molecule has 0 radical (unpaired) electrons. The minimum atomic E-state index is -4.06. The van der Waals surface area contributed by atoms with E-state index in [9.17, 15) is 18.3 Å². The Bertz CT molecular complexity index is 633. The average molecular weight is 489 g/mol. The van der Waals surface area contributed by atoms with E-state index in [0.717, 1.165) is 37.0 Å². The van der Waals surface area contributed by atoms with E-state index in [1.54, 1.807) is 0 Å². The first-order valence-corrected chi connectivity index (χ1v) is 14.2. The van der Waals surface area contributed by atoms with Crippen molar-refractivity contribution >= 4 is 0 Å². The first-order valence-electron chi connectivity index (χ1n) is 14.2. The molecule has 4 saturated carbocycles. The zero-order chi connectivity index (χ0) is 24.6. The Morgan fingerprint density at radius 2 is 1.50 bits per heavy atom. The van der Waals surface area contributed by atoms with Crippen LogP contribution in [0.15, 0.2) is 0 Å². The van der Waals surface area contributed by atoms with E-state index in [2.05, 4.69) is 20.8 Å². The normalized spacial score (nSPS) is 43.6. The number of fused-ring (bicyclic) bond motifs is 5. The van der Waals surface area contributed by atoms with Crippen LogP contribution in [0.3, 0.4) is 0 Å². The van der Waals surface area contributed by atoms with Gasteiger partial charge in [0.15, 0.2) is 0 Å². The Kier molecular flexibility index (Phi) is 10.1. The highest BCUT2D eigenvalue weighted by Gasteiger charge is 2.60. The van der Waals surface area contributed by atoms with Gasteiger partial charge in [-0.25, -0.2) is 0 Å². The summed E-state index contributed by atoms with van der Waals surface area (Å²) in [5.41, 5.74) is 0.697. The minimum Gasteiger partial charge on any atom is -0.393 e. The molecule has 0 aromatic rings. The van der Waals surface area contributed by atoms with Crippen molar-refractivity contribution in [3.8, 4) is 0 Å². The molecule has 0 aromatic heterocycles. The molecule has 0 bridgehead atoms. The monoisotopic (exact) mass is 488 g/mol. The van der Waals surface area contributed by atoms with Gasteiger partial charge in [-0.1, -0.05) is 55.4 Å². The molecule has 0 spiro atoms. The topological polar surface area (TPSA) is 20.2 Å². The van der Waals surface area contributed by atoms with Crippen molar-refractivity contribution < 1.29 is 18.3 Å². The molecule has 1 N–H and O–H groups in total. The van der Waals surface area contributed by atoms with Crippen molar-refractivity contribution in [3.05, 3.63) is 0 Å². The van der Waals surface area contributed by atoms with Gasteiger partial charge in [-0.2, -0.15) is 13.2 Å². The lowest BCUT2D eigenvalue weighted by atomic mass is 9.46.